The van der Waals surface area contributed by atoms with Gasteiger partial charge in [0.15, 0.2) is 5.79 Å². The molecule has 34 atom stereocenters. The first kappa shape index (κ1) is 81.2. The average Bonchev–Trinajstić information content (AvgIpc) is 1.81. The molecule has 16 aliphatic carbocycles. The van der Waals surface area contributed by atoms with Crippen molar-refractivity contribution in [1.29, 1.82) is 0 Å². The average molecular weight is 1550 g/mol. The Labute approximate surface area is 672 Å². The zero-order valence-electron chi connectivity index (χ0n) is 71.0. The topological polar surface area (TPSA) is 186 Å². The van der Waals surface area contributed by atoms with Crippen LogP contribution in [0.2, 0.25) is 0 Å². The number of carbonyl (C=O) groups is 1. The summed E-state index contributed by atoms with van der Waals surface area (Å²) in [6.07, 6.45) is 54.6. The summed E-state index contributed by atoms with van der Waals surface area (Å²) in [7, 11) is 0. The highest BCUT2D eigenvalue weighted by molar-refractivity contribution is 5.70. The number of esters is 1. The van der Waals surface area contributed by atoms with E-state index in [4.69, 9.17) is 23.0 Å². The first-order valence-electron chi connectivity index (χ1n) is 47.1. The SMILES string of the molecule is CC1CC[C@@]2(OC1)O[C@H]1C[C@H]3[C@@H]4CC[C@@H]5CCCC[C@]5(C)[C@H]4CC[C@]3(C)[C@H]1[C@@H]2C.C[C@]12CC[C@H](O)C=C1CCC1C2CC[C@]2(C)[C@@H](c3ccc(=O)oc3)CC[C@]12O.C[C@]12CC[C@H](O)C[C@H]1CCC1C2CC[C@]2(C)[C@@H](c3ccc(=O)oc3)CC[C@]12O.C[C@]12CC[C@H]3[C@@H](CC[C@@H]4CCCC[C@@]43C)[C@H]1CC[C@@H]2[C@H]1CCC(=O)OC1.F. The van der Waals surface area contributed by atoms with Crippen molar-refractivity contribution in [2.24, 2.45) is 150 Å². The van der Waals surface area contributed by atoms with Crippen LogP contribution in [0.1, 0.15) is 349 Å². The number of allylic oxidation sites excluding steroid dienone is 1. The second-order valence-electron chi connectivity index (χ2n) is 45.1. The lowest BCUT2D eigenvalue weighted by Gasteiger charge is -2.63. The third-order valence-corrected chi connectivity index (χ3v) is 41.6. The maximum atomic E-state index is 12.2. The molecular weight excluding hydrogens is 1400 g/mol. The first-order valence-corrected chi connectivity index (χ1v) is 47.1. The molecule has 624 valence electrons. The lowest BCUT2D eigenvalue weighted by molar-refractivity contribution is -0.273. The fraction of sp³-hybridized carbons (Fsp3) is 0.869. The highest BCUT2D eigenvalue weighted by Crippen LogP contribution is 2.76. The van der Waals surface area contributed by atoms with Crippen LogP contribution in [-0.2, 0) is 19.0 Å². The molecule has 12 nitrogen and oxygen atoms in total. The summed E-state index contributed by atoms with van der Waals surface area (Å²) < 4.78 is 29.2. The van der Waals surface area contributed by atoms with E-state index < -0.39 is 11.2 Å². The van der Waals surface area contributed by atoms with E-state index in [1.165, 1.54) is 153 Å². The number of aliphatic hydroxyl groups excluding tert-OH is 2. The summed E-state index contributed by atoms with van der Waals surface area (Å²) >= 11 is 0. The summed E-state index contributed by atoms with van der Waals surface area (Å²) in [5.41, 5.74) is 3.97. The summed E-state index contributed by atoms with van der Waals surface area (Å²) in [4.78, 5) is 34.3. The van der Waals surface area contributed by atoms with Crippen molar-refractivity contribution < 1.29 is 53.0 Å². The van der Waals surface area contributed by atoms with Crippen molar-refractivity contribution in [2.75, 3.05) is 13.2 Å². The van der Waals surface area contributed by atoms with Crippen LogP contribution in [-0.4, -0.2) is 74.9 Å². The smallest absolute Gasteiger partial charge is 0.335 e. The number of hydrogen-bond acceptors (Lipinski definition) is 12. The number of ether oxygens (including phenoxy) is 3. The van der Waals surface area contributed by atoms with Gasteiger partial charge in [-0.2, -0.15) is 0 Å². The molecule has 5 heterocycles. The molecule has 2 aromatic heterocycles. The number of cyclic esters (lactones) is 1. The Bertz CT molecular complexity index is 3840. The lowest BCUT2D eigenvalue weighted by atomic mass is 9.43. The lowest BCUT2D eigenvalue weighted by Crippen LogP contribution is -2.62. The van der Waals surface area contributed by atoms with Gasteiger partial charge in [-0.3, -0.25) is 9.50 Å². The molecule has 21 rings (SSSR count). The standard InChI is InChI=1S/C27H44O2.C24H34O4.C24H32O4.C24H38O2.FH/c1-17-10-14-27(28-16-17)18(2)24-23(29-27)15-22-20-9-8-19-7-5-6-12-25(19,3)21(20)11-13-26(22,24)4;2*1-22-10-7-17(25)13-16(22)4-5-20-19(22)8-11-23(2)18(9-12-24(20,23)27)15-3-6-21(26)28-14-15;1-23-13-4-3-5-17(23)7-8-18-20-10-9-19(16-6-11-22(25)26-15-16)24(20,2)14-12-21(18)23;/h17-24H,5-16H2,1-4H3;3,6,14,16-20,25,27H,4-5,7-13H2,1-2H3;3,6,13-14,17-20,25,27H,4-5,7-12H2,1-2H3;16-21H,3-15H2,1-2H3;1H/t17?,18-,19-,20+,21-,22-,23-,24-,25-,26-,27+;16-,17+,18-,19?,20?,22+,23-,24+;17-,18+,19?,20?,22-,23+,24-;16-,17-,18-,19+,20+,21-,23-,24+;/m0100./s1. The number of fused-ring (bicyclic) bond motifs is 22. The Morgan fingerprint density at radius 2 is 0.973 bits per heavy atom. The molecule has 2 aromatic rings. The fourth-order valence-electron chi connectivity index (χ4n) is 35.5. The van der Waals surface area contributed by atoms with Crippen molar-refractivity contribution in [2.45, 2.75) is 373 Å². The molecule has 3 saturated heterocycles. The van der Waals surface area contributed by atoms with Gasteiger partial charge in [-0.05, 0) is 386 Å². The van der Waals surface area contributed by atoms with Gasteiger partial charge in [0.1, 0.15) is 0 Å². The predicted molar refractivity (Wildman–Crippen MR) is 436 cm³/mol. The number of hydrogen-bond donors (Lipinski definition) is 4. The largest absolute Gasteiger partial charge is 0.465 e. The van der Waals surface area contributed by atoms with Crippen LogP contribution in [0.15, 0.2) is 66.9 Å². The van der Waals surface area contributed by atoms with E-state index in [0.717, 1.165) is 192 Å². The van der Waals surface area contributed by atoms with E-state index in [-0.39, 0.29) is 73.4 Å². The zero-order valence-corrected chi connectivity index (χ0v) is 71.0. The van der Waals surface area contributed by atoms with Crippen LogP contribution in [0.4, 0.5) is 4.70 Å². The molecule has 18 fully saturated rings. The first-order chi connectivity index (χ1) is 52.9. The molecule has 5 unspecified atom stereocenters. The molecule has 112 heavy (non-hydrogen) atoms. The number of carbonyl (C=O) groups excluding carboxylic acids is 1. The summed E-state index contributed by atoms with van der Waals surface area (Å²) in [5.74, 6) is 13.9. The summed E-state index contributed by atoms with van der Waals surface area (Å²) in [6.45, 7) is 26.5. The van der Waals surface area contributed by atoms with Gasteiger partial charge < -0.3 is 43.5 Å². The maximum absolute atomic E-state index is 12.2. The van der Waals surface area contributed by atoms with E-state index in [2.05, 4.69) is 75.3 Å². The Hall–Kier alpha value is -3.20. The molecule has 1 spiro atoms. The molecule has 0 bridgehead atoms. The van der Waals surface area contributed by atoms with E-state index >= 15 is 0 Å². The number of rotatable bonds is 3. The van der Waals surface area contributed by atoms with Gasteiger partial charge in [0.2, 0.25) is 0 Å². The van der Waals surface area contributed by atoms with Crippen molar-refractivity contribution in [3.05, 3.63) is 80.4 Å². The van der Waals surface area contributed by atoms with Gasteiger partial charge in [-0.25, -0.2) is 9.59 Å². The Kier molecular flexibility index (Phi) is 21.5. The Morgan fingerprint density at radius 3 is 1.56 bits per heavy atom. The molecule has 0 aromatic carbocycles. The van der Waals surface area contributed by atoms with Crippen LogP contribution in [0.3, 0.4) is 0 Å². The predicted octanol–water partition coefficient (Wildman–Crippen LogP) is 21.4. The van der Waals surface area contributed by atoms with E-state index in [9.17, 15) is 34.8 Å². The highest BCUT2D eigenvalue weighted by atomic mass is 19.0. The third kappa shape index (κ3) is 12.5. The second-order valence-corrected chi connectivity index (χ2v) is 45.1. The normalized spacial score (nSPS) is 53.0. The quantitative estimate of drug-likeness (QED) is 0.169. The fourth-order valence-corrected chi connectivity index (χ4v) is 35.5. The number of halogens is 1. The van der Waals surface area contributed by atoms with Crippen LogP contribution < -0.4 is 11.3 Å². The molecule has 0 radical (unpaired) electrons. The molecule has 13 heteroatoms. The van der Waals surface area contributed by atoms with Crippen molar-refractivity contribution in [3.63, 3.8) is 0 Å². The van der Waals surface area contributed by atoms with Gasteiger partial charge >= 0.3 is 17.2 Å². The molecular formula is C99H149FO12. The molecule has 19 aliphatic rings. The summed E-state index contributed by atoms with van der Waals surface area (Å²) in [6, 6.07) is 6.82. The van der Waals surface area contributed by atoms with Gasteiger partial charge in [0.25, 0.3) is 0 Å². The highest BCUT2D eigenvalue weighted by Gasteiger charge is 2.72. The maximum Gasteiger partial charge on any atom is 0.335 e. The summed E-state index contributed by atoms with van der Waals surface area (Å²) in [5, 5.41) is 44.6. The Morgan fingerprint density at radius 1 is 0.429 bits per heavy atom. The second kappa shape index (κ2) is 29.6. The zero-order chi connectivity index (χ0) is 77.4. The minimum absolute atomic E-state index is 0. The van der Waals surface area contributed by atoms with Gasteiger partial charge in [0, 0.05) is 41.7 Å². The van der Waals surface area contributed by atoms with E-state index in [1.807, 2.05) is 12.1 Å². The van der Waals surface area contributed by atoms with Crippen molar-refractivity contribution >= 4 is 5.97 Å². The third-order valence-electron chi connectivity index (χ3n) is 41.6. The van der Waals surface area contributed by atoms with Crippen LogP contribution in [0, 0.1) is 150 Å². The van der Waals surface area contributed by atoms with Gasteiger partial charge in [-0.15, -0.1) is 0 Å². The van der Waals surface area contributed by atoms with Gasteiger partial charge in [0.05, 0.1) is 55.3 Å². The molecule has 0 amide bonds. The van der Waals surface area contributed by atoms with Crippen LogP contribution in [0.25, 0.3) is 0 Å². The Balaban J connectivity index is 0.000000108. The van der Waals surface area contributed by atoms with E-state index in [0.29, 0.717) is 88.1 Å². The van der Waals surface area contributed by atoms with Crippen LogP contribution in [0.5, 0.6) is 0 Å². The minimum Gasteiger partial charge on any atom is -0.465 e. The molecule has 3 aliphatic heterocycles. The van der Waals surface area contributed by atoms with Crippen molar-refractivity contribution in [1.82, 2.24) is 0 Å². The van der Waals surface area contributed by atoms with Crippen LogP contribution >= 0.6 is 0 Å². The minimum atomic E-state index is -0.665. The monoisotopic (exact) mass is 1550 g/mol. The van der Waals surface area contributed by atoms with E-state index in [1.54, 1.807) is 12.5 Å². The number of aliphatic hydroxyl groups is 4. The molecule has 15 saturated carbocycles. The molecule has 4 N–H and O–H groups in total. The van der Waals surface area contributed by atoms with Crippen molar-refractivity contribution in [3.8, 4) is 0 Å². The van der Waals surface area contributed by atoms with Gasteiger partial charge in [-0.1, -0.05) is 107 Å².